The summed E-state index contributed by atoms with van der Waals surface area (Å²) in [6.07, 6.45) is 4.81. The van der Waals surface area contributed by atoms with E-state index in [0.29, 0.717) is 13.1 Å². The number of benzene rings is 2. The second-order valence-electron chi connectivity index (χ2n) is 7.14. The summed E-state index contributed by atoms with van der Waals surface area (Å²) in [6.45, 7) is 2.16. The van der Waals surface area contributed by atoms with Gasteiger partial charge in [-0.25, -0.2) is 0 Å². The highest BCUT2D eigenvalue weighted by Gasteiger charge is 2.13. The Labute approximate surface area is 170 Å². The molecule has 0 spiro atoms. The summed E-state index contributed by atoms with van der Waals surface area (Å²) in [7, 11) is 1.64. The van der Waals surface area contributed by atoms with E-state index in [-0.39, 0.29) is 5.75 Å². The van der Waals surface area contributed by atoms with Gasteiger partial charge in [-0.1, -0.05) is 24.3 Å². The Morgan fingerprint density at radius 2 is 1.86 bits per heavy atom. The monoisotopic (exact) mass is 387 g/mol. The summed E-state index contributed by atoms with van der Waals surface area (Å²) in [6, 6.07) is 19.7. The van der Waals surface area contributed by atoms with Crippen LogP contribution in [0.4, 0.5) is 0 Å². The van der Waals surface area contributed by atoms with Crippen molar-refractivity contribution in [3.63, 3.8) is 0 Å². The third-order valence-electron chi connectivity index (χ3n) is 5.16. The maximum Gasteiger partial charge on any atom is 0.120 e. The highest BCUT2D eigenvalue weighted by Crippen LogP contribution is 2.25. The fourth-order valence-corrected chi connectivity index (χ4v) is 3.61. The Balaban J connectivity index is 1.55. The lowest BCUT2D eigenvalue weighted by atomic mass is 10.1. The van der Waals surface area contributed by atoms with E-state index < -0.39 is 0 Å². The Hall–Kier alpha value is -3.31. The smallest absolute Gasteiger partial charge is 0.120 e. The van der Waals surface area contributed by atoms with Crippen LogP contribution in [-0.2, 0) is 19.5 Å². The molecular weight excluding hydrogens is 362 g/mol. The molecule has 4 rings (SSSR count). The predicted octanol–water partition coefficient (Wildman–Crippen LogP) is 4.52. The molecule has 0 fully saturated rings. The summed E-state index contributed by atoms with van der Waals surface area (Å²) < 4.78 is 5.33. The predicted molar refractivity (Wildman–Crippen MR) is 115 cm³/mol. The molecule has 4 aromatic rings. The molecule has 0 aliphatic heterocycles. The van der Waals surface area contributed by atoms with Crippen LogP contribution in [-0.4, -0.2) is 33.6 Å². The lowest BCUT2D eigenvalue weighted by Crippen LogP contribution is -2.26. The van der Waals surface area contributed by atoms with Crippen LogP contribution in [0.5, 0.6) is 11.5 Å². The van der Waals surface area contributed by atoms with Gasteiger partial charge in [-0.15, -0.1) is 0 Å². The van der Waals surface area contributed by atoms with Gasteiger partial charge in [0.1, 0.15) is 11.5 Å². The Morgan fingerprint density at radius 3 is 2.69 bits per heavy atom. The van der Waals surface area contributed by atoms with Crippen molar-refractivity contribution in [3.8, 4) is 11.5 Å². The lowest BCUT2D eigenvalue weighted by molar-refractivity contribution is 0.253. The molecule has 0 aliphatic carbocycles. The Morgan fingerprint density at radius 1 is 1.00 bits per heavy atom. The number of aromatic amines is 1. The fourth-order valence-electron chi connectivity index (χ4n) is 3.61. The number of phenolic OH excluding ortho intramolecular Hbond substituents is 1. The van der Waals surface area contributed by atoms with Gasteiger partial charge < -0.3 is 14.8 Å². The molecule has 0 aliphatic rings. The van der Waals surface area contributed by atoms with E-state index in [1.807, 2.05) is 36.5 Å². The first-order chi connectivity index (χ1) is 14.2. The second-order valence-corrected chi connectivity index (χ2v) is 7.14. The molecule has 148 valence electrons. The third kappa shape index (κ3) is 4.58. The Kier molecular flexibility index (Phi) is 5.77. The summed E-state index contributed by atoms with van der Waals surface area (Å²) in [5.41, 5.74) is 4.30. The number of H-pyrrole nitrogens is 1. The highest BCUT2D eigenvalue weighted by atomic mass is 16.5. The molecule has 29 heavy (non-hydrogen) atoms. The summed E-state index contributed by atoms with van der Waals surface area (Å²) in [5, 5.41) is 11.6. The van der Waals surface area contributed by atoms with Crippen molar-refractivity contribution >= 4 is 10.9 Å². The average molecular weight is 387 g/mol. The Bertz CT molecular complexity index is 1080. The molecule has 0 amide bonds. The maximum atomic E-state index is 10.3. The number of rotatable bonds is 8. The quantitative estimate of drug-likeness (QED) is 0.467. The van der Waals surface area contributed by atoms with Gasteiger partial charge in [-0.2, -0.15) is 0 Å². The van der Waals surface area contributed by atoms with Crippen LogP contribution in [0, 0.1) is 0 Å². The molecular formula is C24H25N3O2. The number of ether oxygens (including phenoxy) is 1. The molecule has 2 aromatic carbocycles. The highest BCUT2D eigenvalue weighted by molar-refractivity contribution is 5.83. The molecule has 0 bridgehead atoms. The van der Waals surface area contributed by atoms with Gasteiger partial charge >= 0.3 is 0 Å². The van der Waals surface area contributed by atoms with Crippen molar-refractivity contribution < 1.29 is 9.84 Å². The molecule has 0 saturated heterocycles. The van der Waals surface area contributed by atoms with Crippen LogP contribution in [0.25, 0.3) is 10.9 Å². The summed E-state index contributed by atoms with van der Waals surface area (Å²) >= 11 is 0. The van der Waals surface area contributed by atoms with Gasteiger partial charge in [-0.05, 0) is 48.4 Å². The van der Waals surface area contributed by atoms with Crippen LogP contribution >= 0.6 is 0 Å². The van der Waals surface area contributed by atoms with Gasteiger partial charge in [0, 0.05) is 48.5 Å². The first-order valence-corrected chi connectivity index (χ1v) is 9.76. The first kappa shape index (κ1) is 19.0. The van der Waals surface area contributed by atoms with Crippen LogP contribution < -0.4 is 4.74 Å². The largest absolute Gasteiger partial charge is 0.508 e. The topological polar surface area (TPSA) is 61.4 Å². The van der Waals surface area contributed by atoms with E-state index in [1.165, 1.54) is 10.9 Å². The van der Waals surface area contributed by atoms with Crippen molar-refractivity contribution in [2.75, 3.05) is 13.7 Å². The SMILES string of the molecule is COc1ccc(O)c(CN(CCc2c[nH]c3ccccc23)Cc2ccccn2)c1. The van der Waals surface area contributed by atoms with E-state index >= 15 is 0 Å². The molecule has 2 heterocycles. The van der Waals surface area contributed by atoms with E-state index in [2.05, 4.69) is 39.3 Å². The molecule has 5 nitrogen and oxygen atoms in total. The first-order valence-electron chi connectivity index (χ1n) is 9.76. The minimum atomic E-state index is 0.281. The van der Waals surface area contributed by atoms with Gasteiger partial charge in [0.15, 0.2) is 0 Å². The third-order valence-corrected chi connectivity index (χ3v) is 5.16. The van der Waals surface area contributed by atoms with Crippen molar-refractivity contribution in [3.05, 3.63) is 89.9 Å². The van der Waals surface area contributed by atoms with Crippen LogP contribution in [0.1, 0.15) is 16.8 Å². The lowest BCUT2D eigenvalue weighted by Gasteiger charge is -2.23. The van der Waals surface area contributed by atoms with Crippen molar-refractivity contribution in [1.29, 1.82) is 0 Å². The zero-order valence-corrected chi connectivity index (χ0v) is 16.5. The number of pyridine rings is 1. The standard InChI is InChI=1S/C24H25N3O2/c1-29-21-9-10-24(28)19(14-21)16-27(17-20-6-4-5-12-25-20)13-11-18-15-26-23-8-3-2-7-22(18)23/h2-10,12,14-15,26,28H,11,13,16-17H2,1H3. The molecule has 0 atom stereocenters. The molecule has 0 saturated carbocycles. The number of aromatic nitrogens is 2. The number of para-hydroxylation sites is 1. The molecule has 5 heteroatoms. The number of aromatic hydroxyl groups is 1. The number of hydrogen-bond donors (Lipinski definition) is 2. The number of nitrogens with one attached hydrogen (secondary N) is 1. The van der Waals surface area contributed by atoms with Crippen molar-refractivity contribution in [2.24, 2.45) is 0 Å². The van der Waals surface area contributed by atoms with Crippen LogP contribution in [0.3, 0.4) is 0 Å². The zero-order valence-electron chi connectivity index (χ0n) is 16.5. The van der Waals surface area contributed by atoms with Gasteiger partial charge in [0.05, 0.1) is 12.8 Å². The molecule has 0 radical (unpaired) electrons. The summed E-state index contributed by atoms with van der Waals surface area (Å²) in [5.74, 6) is 1.02. The van der Waals surface area contributed by atoms with E-state index in [4.69, 9.17) is 4.74 Å². The van der Waals surface area contributed by atoms with Gasteiger partial charge in [0.2, 0.25) is 0 Å². The fraction of sp³-hybridized carbons (Fsp3) is 0.208. The summed E-state index contributed by atoms with van der Waals surface area (Å²) in [4.78, 5) is 10.1. The number of methoxy groups -OCH3 is 1. The zero-order chi connectivity index (χ0) is 20.1. The van der Waals surface area contributed by atoms with Gasteiger partial charge in [0.25, 0.3) is 0 Å². The maximum absolute atomic E-state index is 10.3. The minimum absolute atomic E-state index is 0.281. The van der Waals surface area contributed by atoms with Crippen LogP contribution in [0.15, 0.2) is 73.1 Å². The minimum Gasteiger partial charge on any atom is -0.508 e. The molecule has 0 unspecified atom stereocenters. The van der Waals surface area contributed by atoms with E-state index in [9.17, 15) is 5.11 Å². The number of fused-ring (bicyclic) bond motifs is 1. The molecule has 2 N–H and O–H groups in total. The molecule has 2 aromatic heterocycles. The van der Waals surface area contributed by atoms with E-state index in [0.717, 1.165) is 35.5 Å². The van der Waals surface area contributed by atoms with Crippen LogP contribution in [0.2, 0.25) is 0 Å². The number of phenols is 1. The van der Waals surface area contributed by atoms with Gasteiger partial charge in [-0.3, -0.25) is 9.88 Å². The van der Waals surface area contributed by atoms with Crippen molar-refractivity contribution in [1.82, 2.24) is 14.9 Å². The number of hydrogen-bond acceptors (Lipinski definition) is 4. The van der Waals surface area contributed by atoms with E-state index in [1.54, 1.807) is 19.2 Å². The van der Waals surface area contributed by atoms with Crippen molar-refractivity contribution in [2.45, 2.75) is 19.5 Å². The normalized spacial score (nSPS) is 11.2. The number of nitrogens with zero attached hydrogens (tertiary/aromatic N) is 2. The average Bonchev–Trinajstić information content (AvgIpc) is 3.17. The second kappa shape index (κ2) is 8.80.